The summed E-state index contributed by atoms with van der Waals surface area (Å²) in [6.45, 7) is 6.44. The van der Waals surface area contributed by atoms with Gasteiger partial charge in [0.2, 0.25) is 0 Å². The minimum Gasteiger partial charge on any atom is -0.344 e. The van der Waals surface area contributed by atoms with Crippen molar-refractivity contribution in [2.45, 2.75) is 26.3 Å². The molecular formula is C10H19Cl2N3OS. The van der Waals surface area contributed by atoms with Crippen LogP contribution < -0.4 is 11.1 Å². The lowest BCUT2D eigenvalue weighted by Crippen LogP contribution is -2.55. The molecule has 3 N–H and O–H groups in total. The van der Waals surface area contributed by atoms with E-state index in [-0.39, 0.29) is 42.2 Å². The lowest BCUT2D eigenvalue weighted by atomic mass is 9.88. The molecule has 1 amide bonds. The van der Waals surface area contributed by atoms with Crippen LogP contribution in [0.15, 0.2) is 10.9 Å². The Morgan fingerprint density at radius 2 is 2.18 bits per heavy atom. The summed E-state index contributed by atoms with van der Waals surface area (Å²) in [5.74, 6) is 0.128. The number of halogens is 2. The van der Waals surface area contributed by atoms with Gasteiger partial charge in [-0.1, -0.05) is 13.8 Å². The second kappa shape index (κ2) is 7.87. The fourth-order valence-corrected chi connectivity index (χ4v) is 1.61. The highest BCUT2D eigenvalue weighted by Gasteiger charge is 2.29. The van der Waals surface area contributed by atoms with Crippen LogP contribution in [-0.4, -0.2) is 23.0 Å². The molecule has 1 rings (SSSR count). The highest BCUT2D eigenvalue weighted by molar-refractivity contribution is 7.07. The summed E-state index contributed by atoms with van der Waals surface area (Å²) in [6.07, 6.45) is 0. The quantitative estimate of drug-likeness (QED) is 0.894. The van der Waals surface area contributed by atoms with Crippen LogP contribution in [0.3, 0.4) is 0 Å². The predicted molar refractivity (Wildman–Crippen MR) is 76.4 cm³/mol. The van der Waals surface area contributed by atoms with E-state index >= 15 is 0 Å². The highest BCUT2D eigenvalue weighted by Crippen LogP contribution is 2.15. The molecule has 0 saturated heterocycles. The van der Waals surface area contributed by atoms with E-state index in [4.69, 9.17) is 5.73 Å². The van der Waals surface area contributed by atoms with E-state index in [1.807, 2.05) is 20.8 Å². The van der Waals surface area contributed by atoms with Crippen LogP contribution in [0.2, 0.25) is 0 Å². The topological polar surface area (TPSA) is 68.0 Å². The average molecular weight is 300 g/mol. The van der Waals surface area contributed by atoms with Gasteiger partial charge in [0.05, 0.1) is 11.0 Å². The van der Waals surface area contributed by atoms with Crippen LogP contribution in [0.5, 0.6) is 0 Å². The molecule has 1 aromatic heterocycles. The molecule has 1 heterocycles. The number of aromatic nitrogens is 1. The van der Waals surface area contributed by atoms with Gasteiger partial charge in [0.25, 0.3) is 5.91 Å². The van der Waals surface area contributed by atoms with Crippen molar-refractivity contribution in [3.8, 4) is 0 Å². The van der Waals surface area contributed by atoms with Gasteiger partial charge in [-0.3, -0.25) is 4.79 Å². The summed E-state index contributed by atoms with van der Waals surface area (Å²) >= 11 is 1.41. The van der Waals surface area contributed by atoms with Crippen molar-refractivity contribution in [3.05, 3.63) is 16.6 Å². The van der Waals surface area contributed by atoms with Gasteiger partial charge in [0, 0.05) is 11.9 Å². The first-order valence-electron chi connectivity index (χ1n) is 4.90. The zero-order chi connectivity index (χ0) is 11.5. The van der Waals surface area contributed by atoms with Gasteiger partial charge >= 0.3 is 0 Å². The molecule has 0 saturated carbocycles. The number of nitrogens with two attached hydrogens (primary N) is 1. The second-order valence-electron chi connectivity index (χ2n) is 4.10. The molecule has 0 aromatic carbocycles. The molecule has 0 bridgehead atoms. The monoisotopic (exact) mass is 299 g/mol. The molecule has 0 aliphatic carbocycles. The van der Waals surface area contributed by atoms with Gasteiger partial charge in [-0.25, -0.2) is 4.98 Å². The third-order valence-corrected chi connectivity index (χ3v) is 3.35. The molecule has 0 radical (unpaired) electrons. The minimum atomic E-state index is -0.374. The SMILES string of the molecule is CC(C)C(C)(CN)NC(=O)c1cscn1.Cl.Cl. The van der Waals surface area contributed by atoms with Crippen LogP contribution in [0, 0.1) is 5.92 Å². The van der Waals surface area contributed by atoms with Crippen LogP contribution in [0.1, 0.15) is 31.3 Å². The summed E-state index contributed by atoms with van der Waals surface area (Å²) in [4.78, 5) is 15.7. The molecule has 7 heteroatoms. The lowest BCUT2D eigenvalue weighted by Gasteiger charge is -2.33. The summed E-state index contributed by atoms with van der Waals surface area (Å²) in [5.41, 5.74) is 7.40. The highest BCUT2D eigenvalue weighted by atomic mass is 35.5. The molecule has 100 valence electrons. The number of carbonyl (C=O) groups excluding carboxylic acids is 1. The fourth-order valence-electron chi connectivity index (χ4n) is 1.08. The molecule has 0 aliphatic heterocycles. The Morgan fingerprint density at radius 1 is 1.59 bits per heavy atom. The van der Waals surface area contributed by atoms with E-state index in [9.17, 15) is 4.79 Å². The van der Waals surface area contributed by atoms with Gasteiger partial charge in [-0.2, -0.15) is 0 Å². The summed E-state index contributed by atoms with van der Waals surface area (Å²) in [6, 6.07) is 0. The van der Waals surface area contributed by atoms with Gasteiger partial charge in [-0.15, -0.1) is 36.2 Å². The molecular weight excluding hydrogens is 281 g/mol. The number of rotatable bonds is 4. The maximum Gasteiger partial charge on any atom is 0.271 e. The van der Waals surface area contributed by atoms with E-state index in [0.29, 0.717) is 12.2 Å². The first kappa shape index (κ1) is 19.0. The van der Waals surface area contributed by atoms with E-state index in [1.54, 1.807) is 10.9 Å². The van der Waals surface area contributed by atoms with E-state index in [2.05, 4.69) is 10.3 Å². The Balaban J connectivity index is 0. The van der Waals surface area contributed by atoms with Crippen molar-refractivity contribution < 1.29 is 4.79 Å². The van der Waals surface area contributed by atoms with Crippen molar-refractivity contribution in [2.24, 2.45) is 11.7 Å². The van der Waals surface area contributed by atoms with E-state index < -0.39 is 0 Å². The number of carbonyl (C=O) groups is 1. The normalized spacial score (nSPS) is 13.2. The number of hydrogen-bond donors (Lipinski definition) is 2. The summed E-state index contributed by atoms with van der Waals surface area (Å²) in [7, 11) is 0. The smallest absolute Gasteiger partial charge is 0.271 e. The maximum atomic E-state index is 11.8. The zero-order valence-electron chi connectivity index (χ0n) is 10.1. The van der Waals surface area contributed by atoms with Crippen LogP contribution in [0.4, 0.5) is 0 Å². The number of thiazole rings is 1. The molecule has 1 unspecified atom stereocenters. The van der Waals surface area contributed by atoms with Crippen LogP contribution in [-0.2, 0) is 0 Å². The minimum absolute atomic E-state index is 0. The van der Waals surface area contributed by atoms with Crippen LogP contribution >= 0.6 is 36.2 Å². The zero-order valence-corrected chi connectivity index (χ0v) is 12.5. The number of hydrogen-bond acceptors (Lipinski definition) is 4. The van der Waals surface area contributed by atoms with Gasteiger partial charge in [0.15, 0.2) is 0 Å². The van der Waals surface area contributed by atoms with Crippen molar-refractivity contribution in [3.63, 3.8) is 0 Å². The standard InChI is InChI=1S/C10H17N3OS.2ClH/c1-7(2)10(3,5-11)13-9(14)8-4-15-6-12-8;;/h4,6-7H,5,11H2,1-3H3,(H,13,14);2*1H. The summed E-state index contributed by atoms with van der Waals surface area (Å²) < 4.78 is 0. The molecule has 0 spiro atoms. The Kier molecular flexibility index (Phi) is 8.79. The van der Waals surface area contributed by atoms with Gasteiger partial charge < -0.3 is 11.1 Å². The Bertz CT molecular complexity index is 332. The van der Waals surface area contributed by atoms with Crippen molar-refractivity contribution >= 4 is 42.1 Å². The average Bonchev–Trinajstić information content (AvgIpc) is 2.70. The molecule has 0 fully saturated rings. The van der Waals surface area contributed by atoms with E-state index in [0.717, 1.165) is 0 Å². The molecule has 1 atom stereocenters. The largest absolute Gasteiger partial charge is 0.344 e. The lowest BCUT2D eigenvalue weighted by molar-refractivity contribution is 0.0879. The number of nitrogens with zero attached hydrogens (tertiary/aromatic N) is 1. The predicted octanol–water partition coefficient (Wildman–Crippen LogP) is 2.09. The Morgan fingerprint density at radius 3 is 2.53 bits per heavy atom. The molecule has 4 nitrogen and oxygen atoms in total. The third kappa shape index (κ3) is 4.79. The molecule has 0 aliphatic rings. The first-order chi connectivity index (χ1) is 6.99. The fraction of sp³-hybridized carbons (Fsp3) is 0.600. The Labute approximate surface area is 118 Å². The maximum absolute atomic E-state index is 11.8. The molecule has 1 aromatic rings. The number of amides is 1. The van der Waals surface area contributed by atoms with Crippen molar-refractivity contribution in [1.29, 1.82) is 0 Å². The van der Waals surface area contributed by atoms with Gasteiger partial charge in [0.1, 0.15) is 5.69 Å². The second-order valence-corrected chi connectivity index (χ2v) is 4.82. The first-order valence-corrected chi connectivity index (χ1v) is 5.84. The van der Waals surface area contributed by atoms with Crippen LogP contribution in [0.25, 0.3) is 0 Å². The van der Waals surface area contributed by atoms with E-state index in [1.165, 1.54) is 11.3 Å². The van der Waals surface area contributed by atoms with Gasteiger partial charge in [-0.05, 0) is 12.8 Å². The van der Waals surface area contributed by atoms with Crippen molar-refractivity contribution in [2.75, 3.05) is 6.54 Å². The van der Waals surface area contributed by atoms with Crippen molar-refractivity contribution in [1.82, 2.24) is 10.3 Å². The third-order valence-electron chi connectivity index (χ3n) is 2.76. The molecule has 17 heavy (non-hydrogen) atoms. The summed E-state index contributed by atoms with van der Waals surface area (Å²) in [5, 5.41) is 4.65. The number of nitrogens with one attached hydrogen (secondary N) is 1. The Hall–Kier alpha value is -0.360.